The topological polar surface area (TPSA) is 76.7 Å². The van der Waals surface area contributed by atoms with Crippen LogP contribution in [-0.2, 0) is 4.79 Å². The van der Waals surface area contributed by atoms with Crippen molar-refractivity contribution in [1.29, 1.82) is 0 Å². The lowest BCUT2D eigenvalue weighted by molar-refractivity contribution is -0.122. The van der Waals surface area contributed by atoms with Crippen molar-refractivity contribution in [2.24, 2.45) is 0 Å². The molecule has 6 nitrogen and oxygen atoms in total. The van der Waals surface area contributed by atoms with Gasteiger partial charge in [-0.3, -0.25) is 20.4 Å². The first-order chi connectivity index (χ1) is 14.0. The van der Waals surface area contributed by atoms with Crippen LogP contribution >= 0.6 is 23.2 Å². The minimum absolute atomic E-state index is 0.186. The van der Waals surface area contributed by atoms with Crippen LogP contribution in [0.1, 0.15) is 43.0 Å². The minimum atomic E-state index is -0.413. The highest BCUT2D eigenvalue weighted by Gasteiger charge is 2.09. The summed E-state index contributed by atoms with van der Waals surface area (Å²) < 4.78 is 11.1. The number of carbonyl (C=O) groups excluding carboxylic acids is 2. The SMILES string of the molecule is CCCCOc1cccc(C(=O)NNC(=O)CCCOc2ccc(Cl)cc2Cl)c1. The number of halogens is 2. The van der Waals surface area contributed by atoms with E-state index in [-0.39, 0.29) is 12.3 Å². The fraction of sp³-hybridized carbons (Fsp3) is 0.333. The van der Waals surface area contributed by atoms with E-state index in [4.69, 9.17) is 32.7 Å². The lowest BCUT2D eigenvalue weighted by atomic mass is 10.2. The van der Waals surface area contributed by atoms with Crippen molar-refractivity contribution >= 4 is 35.0 Å². The van der Waals surface area contributed by atoms with Gasteiger partial charge in [-0.1, -0.05) is 42.6 Å². The number of hydrazine groups is 1. The van der Waals surface area contributed by atoms with Crippen molar-refractivity contribution in [3.63, 3.8) is 0 Å². The Kier molecular flexibility index (Phi) is 9.60. The number of hydrogen-bond acceptors (Lipinski definition) is 4. The molecule has 2 aromatic carbocycles. The van der Waals surface area contributed by atoms with Crippen molar-refractivity contribution < 1.29 is 19.1 Å². The molecular formula is C21H24Cl2N2O4. The summed E-state index contributed by atoms with van der Waals surface area (Å²) in [5.74, 6) is 0.393. The number of hydrogen-bond donors (Lipinski definition) is 2. The maximum atomic E-state index is 12.2. The monoisotopic (exact) mass is 438 g/mol. The van der Waals surface area contributed by atoms with Gasteiger partial charge in [-0.05, 0) is 49.2 Å². The molecule has 0 fully saturated rings. The Morgan fingerprint density at radius 3 is 2.52 bits per heavy atom. The van der Waals surface area contributed by atoms with Gasteiger partial charge in [0.05, 0.1) is 18.2 Å². The summed E-state index contributed by atoms with van der Waals surface area (Å²) >= 11 is 11.8. The molecule has 0 aliphatic carbocycles. The molecule has 2 aromatic rings. The standard InChI is InChI=1S/C21H24Cl2N2O4/c1-2-3-11-28-17-7-4-6-15(13-17)21(27)25-24-20(26)8-5-12-29-19-10-9-16(22)14-18(19)23/h4,6-7,9-10,13-14H,2-3,5,8,11-12H2,1H3,(H,24,26)(H,25,27). The van der Waals surface area contributed by atoms with Gasteiger partial charge < -0.3 is 9.47 Å². The number of amides is 2. The molecule has 2 amide bonds. The summed E-state index contributed by atoms with van der Waals surface area (Å²) in [6.45, 7) is 2.98. The molecule has 2 rings (SSSR count). The van der Waals surface area contributed by atoms with Crippen molar-refractivity contribution in [2.75, 3.05) is 13.2 Å². The maximum absolute atomic E-state index is 12.2. The van der Waals surface area contributed by atoms with Gasteiger partial charge in [0, 0.05) is 17.0 Å². The van der Waals surface area contributed by atoms with E-state index >= 15 is 0 Å². The van der Waals surface area contributed by atoms with Crippen LogP contribution in [0.15, 0.2) is 42.5 Å². The Morgan fingerprint density at radius 1 is 0.966 bits per heavy atom. The van der Waals surface area contributed by atoms with Gasteiger partial charge in [0.25, 0.3) is 5.91 Å². The molecule has 0 saturated carbocycles. The highest BCUT2D eigenvalue weighted by molar-refractivity contribution is 6.35. The molecule has 0 bridgehead atoms. The molecule has 0 unspecified atom stereocenters. The van der Waals surface area contributed by atoms with Crippen molar-refractivity contribution in [1.82, 2.24) is 10.9 Å². The number of ether oxygens (including phenoxy) is 2. The van der Waals surface area contributed by atoms with Crippen LogP contribution in [0, 0.1) is 0 Å². The molecule has 0 spiro atoms. The Balaban J connectivity index is 1.69. The summed E-state index contributed by atoms with van der Waals surface area (Å²) in [6, 6.07) is 11.7. The quantitative estimate of drug-likeness (QED) is 0.412. The second kappa shape index (κ2) is 12.2. The number of rotatable bonds is 10. The Hall–Kier alpha value is -2.44. The molecule has 8 heteroatoms. The number of benzene rings is 2. The van der Waals surface area contributed by atoms with E-state index in [9.17, 15) is 9.59 Å². The van der Waals surface area contributed by atoms with Gasteiger partial charge in [-0.25, -0.2) is 0 Å². The van der Waals surface area contributed by atoms with Crippen LogP contribution in [0.5, 0.6) is 11.5 Å². The summed E-state index contributed by atoms with van der Waals surface area (Å²) in [5, 5.41) is 0.936. The average molecular weight is 439 g/mol. The number of nitrogens with one attached hydrogen (secondary N) is 2. The fourth-order valence-electron chi connectivity index (χ4n) is 2.33. The third-order valence-electron chi connectivity index (χ3n) is 3.88. The van der Waals surface area contributed by atoms with E-state index in [1.807, 2.05) is 0 Å². The summed E-state index contributed by atoms with van der Waals surface area (Å²) in [5.41, 5.74) is 5.19. The average Bonchev–Trinajstić information content (AvgIpc) is 2.71. The first kappa shape index (κ1) is 22.8. The van der Waals surface area contributed by atoms with Gasteiger partial charge in [0.2, 0.25) is 5.91 Å². The largest absolute Gasteiger partial charge is 0.494 e. The zero-order chi connectivity index (χ0) is 21.1. The van der Waals surface area contributed by atoms with Crippen LogP contribution < -0.4 is 20.3 Å². The molecule has 2 N–H and O–H groups in total. The highest BCUT2D eigenvalue weighted by atomic mass is 35.5. The fourth-order valence-corrected chi connectivity index (χ4v) is 2.79. The van der Waals surface area contributed by atoms with E-state index in [0.29, 0.717) is 46.7 Å². The van der Waals surface area contributed by atoms with E-state index in [1.54, 1.807) is 42.5 Å². The van der Waals surface area contributed by atoms with E-state index in [2.05, 4.69) is 17.8 Å². The second-order valence-electron chi connectivity index (χ2n) is 6.26. The van der Waals surface area contributed by atoms with Gasteiger partial charge in [0.1, 0.15) is 11.5 Å². The maximum Gasteiger partial charge on any atom is 0.269 e. The number of carbonyl (C=O) groups is 2. The van der Waals surface area contributed by atoms with Crippen molar-refractivity contribution in [3.05, 3.63) is 58.1 Å². The van der Waals surface area contributed by atoms with Gasteiger partial charge in [-0.2, -0.15) is 0 Å². The van der Waals surface area contributed by atoms with E-state index in [1.165, 1.54) is 0 Å². The zero-order valence-corrected chi connectivity index (χ0v) is 17.7. The van der Waals surface area contributed by atoms with Crippen molar-refractivity contribution in [2.45, 2.75) is 32.6 Å². The highest BCUT2D eigenvalue weighted by Crippen LogP contribution is 2.27. The van der Waals surface area contributed by atoms with Crippen LogP contribution in [0.4, 0.5) is 0 Å². The lowest BCUT2D eigenvalue weighted by Gasteiger charge is -2.10. The smallest absolute Gasteiger partial charge is 0.269 e. The van der Waals surface area contributed by atoms with E-state index in [0.717, 1.165) is 12.8 Å². The Morgan fingerprint density at radius 2 is 1.76 bits per heavy atom. The first-order valence-electron chi connectivity index (χ1n) is 9.39. The van der Waals surface area contributed by atoms with Gasteiger partial charge in [0.15, 0.2) is 0 Å². The van der Waals surface area contributed by atoms with Crippen LogP contribution in [0.25, 0.3) is 0 Å². The van der Waals surface area contributed by atoms with Crippen LogP contribution in [0.2, 0.25) is 10.0 Å². The molecule has 0 radical (unpaired) electrons. The van der Waals surface area contributed by atoms with E-state index < -0.39 is 5.91 Å². The second-order valence-corrected chi connectivity index (χ2v) is 7.10. The first-order valence-corrected chi connectivity index (χ1v) is 10.1. The van der Waals surface area contributed by atoms with Crippen LogP contribution in [-0.4, -0.2) is 25.0 Å². The molecule has 0 heterocycles. The zero-order valence-electron chi connectivity index (χ0n) is 16.2. The molecule has 0 aliphatic rings. The van der Waals surface area contributed by atoms with Gasteiger partial charge >= 0.3 is 0 Å². The summed E-state index contributed by atoms with van der Waals surface area (Å²) in [4.78, 5) is 24.1. The third-order valence-corrected chi connectivity index (χ3v) is 4.41. The molecule has 156 valence electrons. The van der Waals surface area contributed by atoms with Crippen molar-refractivity contribution in [3.8, 4) is 11.5 Å². The predicted molar refractivity (Wildman–Crippen MR) is 114 cm³/mol. The van der Waals surface area contributed by atoms with Gasteiger partial charge in [-0.15, -0.1) is 0 Å². The molecule has 0 saturated heterocycles. The normalized spacial score (nSPS) is 10.3. The third kappa shape index (κ3) is 8.21. The van der Waals surface area contributed by atoms with Crippen LogP contribution in [0.3, 0.4) is 0 Å². The minimum Gasteiger partial charge on any atom is -0.494 e. The molecule has 0 atom stereocenters. The Labute approximate surface area is 180 Å². The molecular weight excluding hydrogens is 415 g/mol. The number of unbranched alkanes of at least 4 members (excludes halogenated alkanes) is 1. The predicted octanol–water partition coefficient (Wildman–Crippen LogP) is 4.79. The molecule has 29 heavy (non-hydrogen) atoms. The lowest BCUT2D eigenvalue weighted by Crippen LogP contribution is -2.41. The Bertz CT molecular complexity index is 830. The summed E-state index contributed by atoms with van der Waals surface area (Å²) in [7, 11) is 0. The molecule has 0 aliphatic heterocycles. The summed E-state index contributed by atoms with van der Waals surface area (Å²) in [6.07, 6.45) is 2.62. The molecule has 0 aromatic heterocycles.